The molecule has 0 aromatic carbocycles. The molecule has 0 spiro atoms. The van der Waals surface area contributed by atoms with E-state index in [4.69, 9.17) is 0 Å². The second-order valence-electron chi connectivity index (χ2n) is 6.83. The summed E-state index contributed by atoms with van der Waals surface area (Å²) in [6.45, 7) is 10.3. The third-order valence-electron chi connectivity index (χ3n) is 4.89. The summed E-state index contributed by atoms with van der Waals surface area (Å²) in [5, 5.41) is 2.92. The fourth-order valence-electron chi connectivity index (χ4n) is 3.38. The molecule has 2 amide bonds. The summed E-state index contributed by atoms with van der Waals surface area (Å²) in [5.74, 6) is 0.379. The third-order valence-corrected chi connectivity index (χ3v) is 4.89. The van der Waals surface area contributed by atoms with E-state index in [1.807, 2.05) is 4.90 Å². The topological polar surface area (TPSA) is 55.9 Å². The zero-order valence-electron chi connectivity index (χ0n) is 14.7. The van der Waals surface area contributed by atoms with Crippen LogP contribution in [0.3, 0.4) is 0 Å². The van der Waals surface area contributed by atoms with Gasteiger partial charge >= 0.3 is 0 Å². The van der Waals surface area contributed by atoms with Gasteiger partial charge in [0.15, 0.2) is 0 Å². The fraction of sp³-hybridized carbons (Fsp3) is 0.882. The number of rotatable bonds is 6. The van der Waals surface area contributed by atoms with Crippen molar-refractivity contribution in [2.24, 2.45) is 0 Å². The first kappa shape index (κ1) is 18.2. The zero-order chi connectivity index (χ0) is 16.7. The molecule has 132 valence electrons. The van der Waals surface area contributed by atoms with Crippen molar-refractivity contribution in [3.8, 4) is 0 Å². The van der Waals surface area contributed by atoms with Crippen LogP contribution in [-0.4, -0.2) is 84.9 Å². The van der Waals surface area contributed by atoms with Gasteiger partial charge in [0.2, 0.25) is 11.8 Å². The molecule has 2 aliphatic heterocycles. The predicted octanol–water partition coefficient (Wildman–Crippen LogP) is 0.531. The van der Waals surface area contributed by atoms with Crippen molar-refractivity contribution in [2.75, 3.05) is 52.4 Å². The number of amides is 2. The van der Waals surface area contributed by atoms with Crippen LogP contribution >= 0.6 is 0 Å². The Morgan fingerprint density at radius 3 is 2.26 bits per heavy atom. The Bertz CT molecular complexity index is 394. The molecule has 1 unspecified atom stereocenters. The van der Waals surface area contributed by atoms with Gasteiger partial charge < -0.3 is 10.2 Å². The van der Waals surface area contributed by atoms with Gasteiger partial charge in [-0.1, -0.05) is 6.92 Å². The second-order valence-corrected chi connectivity index (χ2v) is 6.83. The number of nitrogens with one attached hydrogen (secondary N) is 1. The predicted molar refractivity (Wildman–Crippen MR) is 91.2 cm³/mol. The monoisotopic (exact) mass is 324 g/mol. The van der Waals surface area contributed by atoms with Crippen LogP contribution in [0.2, 0.25) is 0 Å². The van der Waals surface area contributed by atoms with Crippen LogP contribution in [-0.2, 0) is 9.59 Å². The molecule has 0 aromatic heterocycles. The van der Waals surface area contributed by atoms with E-state index in [2.05, 4.69) is 29.0 Å². The maximum atomic E-state index is 12.5. The van der Waals surface area contributed by atoms with Gasteiger partial charge in [-0.15, -0.1) is 0 Å². The lowest BCUT2D eigenvalue weighted by molar-refractivity contribution is -0.136. The van der Waals surface area contributed by atoms with Crippen LogP contribution in [0.1, 0.15) is 39.5 Å². The molecule has 2 fully saturated rings. The summed E-state index contributed by atoms with van der Waals surface area (Å²) in [7, 11) is 0. The Morgan fingerprint density at radius 1 is 1.00 bits per heavy atom. The van der Waals surface area contributed by atoms with E-state index in [0.29, 0.717) is 19.1 Å². The normalized spacial score (nSPS) is 23.7. The van der Waals surface area contributed by atoms with Crippen LogP contribution < -0.4 is 5.32 Å². The molecule has 0 bridgehead atoms. The van der Waals surface area contributed by atoms with E-state index in [-0.39, 0.29) is 11.8 Å². The molecule has 0 saturated carbocycles. The van der Waals surface area contributed by atoms with Gasteiger partial charge in [0, 0.05) is 45.3 Å². The van der Waals surface area contributed by atoms with Crippen molar-refractivity contribution in [1.82, 2.24) is 20.0 Å². The van der Waals surface area contributed by atoms with Gasteiger partial charge in [0.25, 0.3) is 0 Å². The van der Waals surface area contributed by atoms with E-state index in [9.17, 15) is 9.59 Å². The highest BCUT2D eigenvalue weighted by Crippen LogP contribution is 2.16. The highest BCUT2D eigenvalue weighted by Gasteiger charge is 2.26. The van der Waals surface area contributed by atoms with Crippen LogP contribution in [0.15, 0.2) is 0 Å². The van der Waals surface area contributed by atoms with Crippen molar-refractivity contribution < 1.29 is 9.59 Å². The molecule has 0 aliphatic carbocycles. The molecule has 0 aromatic rings. The molecule has 1 N–H and O–H groups in total. The lowest BCUT2D eigenvalue weighted by Crippen LogP contribution is -2.53. The molecule has 1 atom stereocenters. The summed E-state index contributed by atoms with van der Waals surface area (Å²) < 4.78 is 0. The molecule has 2 saturated heterocycles. The lowest BCUT2D eigenvalue weighted by Gasteiger charge is -2.37. The van der Waals surface area contributed by atoms with Gasteiger partial charge in [-0.05, 0) is 32.6 Å². The summed E-state index contributed by atoms with van der Waals surface area (Å²) in [5.41, 5.74) is 0. The van der Waals surface area contributed by atoms with Crippen LogP contribution in [0.5, 0.6) is 0 Å². The molecule has 6 heteroatoms. The number of carbonyl (C=O) groups is 2. The van der Waals surface area contributed by atoms with Crippen LogP contribution in [0, 0.1) is 0 Å². The summed E-state index contributed by atoms with van der Waals surface area (Å²) in [6.07, 6.45) is 4.48. The number of hydrogen-bond acceptors (Lipinski definition) is 4. The minimum Gasteiger partial charge on any atom is -0.355 e. The highest BCUT2D eigenvalue weighted by molar-refractivity contribution is 5.79. The van der Waals surface area contributed by atoms with Crippen molar-refractivity contribution in [3.63, 3.8) is 0 Å². The molecule has 2 heterocycles. The molecular weight excluding hydrogens is 292 g/mol. The van der Waals surface area contributed by atoms with Crippen molar-refractivity contribution in [1.29, 1.82) is 0 Å². The molecule has 6 nitrogen and oxygen atoms in total. The van der Waals surface area contributed by atoms with Crippen molar-refractivity contribution in [2.45, 2.75) is 45.6 Å². The van der Waals surface area contributed by atoms with Gasteiger partial charge in [-0.3, -0.25) is 19.4 Å². The first-order valence-corrected chi connectivity index (χ1v) is 9.11. The van der Waals surface area contributed by atoms with E-state index < -0.39 is 0 Å². The van der Waals surface area contributed by atoms with Crippen molar-refractivity contribution in [3.05, 3.63) is 0 Å². The van der Waals surface area contributed by atoms with Crippen LogP contribution in [0.4, 0.5) is 0 Å². The summed E-state index contributed by atoms with van der Waals surface area (Å²) in [4.78, 5) is 30.7. The largest absolute Gasteiger partial charge is 0.355 e. The minimum absolute atomic E-state index is 0.110. The summed E-state index contributed by atoms with van der Waals surface area (Å²) in [6, 6.07) is 0.389. The third kappa shape index (κ3) is 5.77. The Labute approximate surface area is 140 Å². The smallest absolute Gasteiger partial charge is 0.236 e. The molecular formula is C17H32N4O2. The molecule has 2 aliphatic rings. The average Bonchev–Trinajstić information content (AvgIpc) is 2.55. The Morgan fingerprint density at radius 2 is 1.65 bits per heavy atom. The first-order valence-electron chi connectivity index (χ1n) is 9.11. The molecule has 23 heavy (non-hydrogen) atoms. The number of piperazine rings is 1. The van der Waals surface area contributed by atoms with E-state index in [1.165, 1.54) is 6.42 Å². The molecule has 2 rings (SSSR count). The van der Waals surface area contributed by atoms with Crippen molar-refractivity contribution >= 4 is 11.8 Å². The Hall–Kier alpha value is -1.14. The number of carbonyl (C=O) groups excluding carboxylic acids is 2. The molecule has 0 radical (unpaired) electrons. The SMILES string of the molecule is CCCNC(=O)CN1CCN(CC(=O)N2CCCCC2C)CC1. The van der Waals surface area contributed by atoms with Crippen LogP contribution in [0.25, 0.3) is 0 Å². The summed E-state index contributed by atoms with van der Waals surface area (Å²) >= 11 is 0. The number of piperidine rings is 1. The minimum atomic E-state index is 0.110. The number of nitrogens with zero attached hydrogens (tertiary/aromatic N) is 3. The fourth-order valence-corrected chi connectivity index (χ4v) is 3.38. The second kappa shape index (κ2) is 9.23. The van der Waals surface area contributed by atoms with Gasteiger partial charge in [-0.2, -0.15) is 0 Å². The standard InChI is InChI=1S/C17H32N4O2/c1-3-7-18-16(22)13-19-9-11-20(12-10-19)14-17(23)21-8-5-4-6-15(21)2/h15H,3-14H2,1-2H3,(H,18,22). The first-order chi connectivity index (χ1) is 11.1. The maximum absolute atomic E-state index is 12.5. The number of likely N-dealkylation sites (tertiary alicyclic amines) is 1. The van der Waals surface area contributed by atoms with E-state index in [0.717, 1.165) is 58.5 Å². The van der Waals surface area contributed by atoms with Gasteiger partial charge in [0.1, 0.15) is 0 Å². The Kier molecular flexibility index (Phi) is 7.30. The maximum Gasteiger partial charge on any atom is 0.236 e. The van der Waals surface area contributed by atoms with Gasteiger partial charge in [-0.25, -0.2) is 0 Å². The van der Waals surface area contributed by atoms with E-state index >= 15 is 0 Å². The quantitative estimate of drug-likeness (QED) is 0.774. The zero-order valence-corrected chi connectivity index (χ0v) is 14.7. The Balaban J connectivity index is 1.68. The van der Waals surface area contributed by atoms with E-state index in [1.54, 1.807) is 0 Å². The lowest BCUT2D eigenvalue weighted by atomic mass is 10.0. The average molecular weight is 324 g/mol. The number of hydrogen-bond donors (Lipinski definition) is 1. The van der Waals surface area contributed by atoms with Gasteiger partial charge in [0.05, 0.1) is 13.1 Å². The highest BCUT2D eigenvalue weighted by atomic mass is 16.2.